The summed E-state index contributed by atoms with van der Waals surface area (Å²) in [4.78, 5) is 4.83. The van der Waals surface area contributed by atoms with Crippen molar-refractivity contribution >= 4 is 27.0 Å². The average molecular weight is 329 g/mol. The van der Waals surface area contributed by atoms with Gasteiger partial charge in [-0.05, 0) is 26.0 Å². The number of sulfonamides is 1. The molecular formula is C13H16FN3O2S2. The Morgan fingerprint density at radius 3 is 2.62 bits per heavy atom. The number of benzene rings is 1. The summed E-state index contributed by atoms with van der Waals surface area (Å²) in [6, 6.07) is 2.39. The van der Waals surface area contributed by atoms with E-state index in [1.165, 1.54) is 35.7 Å². The van der Waals surface area contributed by atoms with Gasteiger partial charge in [-0.1, -0.05) is 0 Å². The molecule has 114 valence electrons. The van der Waals surface area contributed by atoms with Gasteiger partial charge in [-0.2, -0.15) is 4.31 Å². The summed E-state index contributed by atoms with van der Waals surface area (Å²) in [7, 11) is -2.36. The summed E-state index contributed by atoms with van der Waals surface area (Å²) >= 11 is 1.38. The second-order valence-electron chi connectivity index (χ2n) is 4.75. The van der Waals surface area contributed by atoms with E-state index in [0.29, 0.717) is 0 Å². The lowest BCUT2D eigenvalue weighted by Gasteiger charge is -2.18. The second kappa shape index (κ2) is 5.70. The molecule has 0 saturated carbocycles. The number of nitrogen functional groups attached to an aromatic ring is 1. The number of nitrogens with two attached hydrogens (primary N) is 1. The van der Waals surface area contributed by atoms with Gasteiger partial charge in [-0.25, -0.2) is 17.8 Å². The molecule has 5 nitrogen and oxygen atoms in total. The zero-order chi connectivity index (χ0) is 15.8. The van der Waals surface area contributed by atoms with E-state index < -0.39 is 15.8 Å². The van der Waals surface area contributed by atoms with Crippen molar-refractivity contribution in [2.75, 3.05) is 12.8 Å². The Hall–Kier alpha value is -1.51. The van der Waals surface area contributed by atoms with Crippen LogP contribution in [0.1, 0.15) is 16.1 Å². The Bertz CT molecular complexity index is 772. The van der Waals surface area contributed by atoms with Crippen LogP contribution in [0.5, 0.6) is 0 Å². The molecule has 0 bridgehead atoms. The number of hydrogen-bond donors (Lipinski definition) is 1. The zero-order valence-electron chi connectivity index (χ0n) is 11.9. The average Bonchev–Trinajstić information content (AvgIpc) is 2.79. The third-order valence-electron chi connectivity index (χ3n) is 3.22. The number of hydrogen-bond acceptors (Lipinski definition) is 5. The van der Waals surface area contributed by atoms with Crippen molar-refractivity contribution in [3.05, 3.63) is 39.6 Å². The minimum absolute atomic E-state index is 0.0667. The standard InChI is InChI=1S/C13H16FN3O2S2/c1-8-11(14)4-10(15)5-13(8)21(18,19)17(3)6-12-9(2)16-7-20-12/h4-5,7H,6,15H2,1-3H3. The van der Waals surface area contributed by atoms with Crippen molar-refractivity contribution in [3.8, 4) is 0 Å². The van der Waals surface area contributed by atoms with E-state index in [4.69, 9.17) is 5.73 Å². The normalized spacial score (nSPS) is 12.0. The van der Waals surface area contributed by atoms with E-state index >= 15 is 0 Å². The molecule has 0 fully saturated rings. The molecule has 2 aromatic rings. The van der Waals surface area contributed by atoms with Crippen molar-refractivity contribution in [1.82, 2.24) is 9.29 Å². The van der Waals surface area contributed by atoms with Gasteiger partial charge in [0, 0.05) is 29.7 Å². The fourth-order valence-corrected chi connectivity index (χ4v) is 4.19. The Morgan fingerprint density at radius 1 is 1.38 bits per heavy atom. The van der Waals surface area contributed by atoms with Crippen molar-refractivity contribution in [2.45, 2.75) is 25.3 Å². The molecule has 1 aromatic carbocycles. The predicted molar refractivity (Wildman–Crippen MR) is 81.1 cm³/mol. The van der Waals surface area contributed by atoms with E-state index in [-0.39, 0.29) is 22.7 Å². The summed E-state index contributed by atoms with van der Waals surface area (Å²) < 4.78 is 40.0. The summed E-state index contributed by atoms with van der Waals surface area (Å²) in [5, 5.41) is 0. The maximum absolute atomic E-state index is 13.7. The van der Waals surface area contributed by atoms with Gasteiger partial charge < -0.3 is 5.73 Å². The summed E-state index contributed by atoms with van der Waals surface area (Å²) in [6.45, 7) is 3.43. The maximum atomic E-state index is 13.7. The predicted octanol–water partition coefficient (Wildman–Crippen LogP) is 2.30. The molecule has 0 radical (unpaired) electrons. The number of nitrogens with zero attached hydrogens (tertiary/aromatic N) is 2. The van der Waals surface area contributed by atoms with Crippen molar-refractivity contribution in [1.29, 1.82) is 0 Å². The lowest BCUT2D eigenvalue weighted by atomic mass is 10.2. The van der Waals surface area contributed by atoms with Crippen LogP contribution >= 0.6 is 11.3 Å². The Morgan fingerprint density at radius 2 is 2.05 bits per heavy atom. The van der Waals surface area contributed by atoms with Crippen LogP contribution < -0.4 is 5.73 Å². The SMILES string of the molecule is Cc1ncsc1CN(C)S(=O)(=O)c1cc(N)cc(F)c1C. The number of halogens is 1. The van der Waals surface area contributed by atoms with Crippen LogP contribution in [0.4, 0.5) is 10.1 Å². The van der Waals surface area contributed by atoms with E-state index in [2.05, 4.69) is 4.98 Å². The van der Waals surface area contributed by atoms with E-state index in [1.807, 2.05) is 6.92 Å². The fraction of sp³-hybridized carbons (Fsp3) is 0.308. The molecule has 1 aromatic heterocycles. The molecule has 0 spiro atoms. The first kappa shape index (κ1) is 15.9. The van der Waals surface area contributed by atoms with Crippen LogP contribution in [0.3, 0.4) is 0 Å². The molecule has 2 rings (SSSR count). The Labute approximate surface area is 127 Å². The molecule has 0 amide bonds. The van der Waals surface area contributed by atoms with Gasteiger partial charge in [0.1, 0.15) is 5.82 Å². The van der Waals surface area contributed by atoms with Gasteiger partial charge >= 0.3 is 0 Å². The van der Waals surface area contributed by atoms with Crippen LogP contribution in [0.15, 0.2) is 22.5 Å². The van der Waals surface area contributed by atoms with E-state index in [9.17, 15) is 12.8 Å². The number of thiazole rings is 1. The highest BCUT2D eigenvalue weighted by atomic mass is 32.2. The van der Waals surface area contributed by atoms with Gasteiger partial charge in [-0.3, -0.25) is 0 Å². The summed E-state index contributed by atoms with van der Waals surface area (Å²) in [5.74, 6) is -0.629. The van der Waals surface area contributed by atoms with Gasteiger partial charge in [0.2, 0.25) is 10.0 Å². The Kier molecular flexibility index (Phi) is 4.31. The topological polar surface area (TPSA) is 76.3 Å². The molecular weight excluding hydrogens is 313 g/mol. The van der Waals surface area contributed by atoms with Gasteiger partial charge in [0.05, 0.1) is 16.1 Å². The molecule has 21 heavy (non-hydrogen) atoms. The number of aryl methyl sites for hydroxylation is 1. The van der Waals surface area contributed by atoms with Gasteiger partial charge in [-0.15, -0.1) is 11.3 Å². The molecule has 0 unspecified atom stereocenters. The van der Waals surface area contributed by atoms with E-state index in [0.717, 1.165) is 16.6 Å². The molecule has 0 aliphatic rings. The van der Waals surface area contributed by atoms with Gasteiger partial charge in [0.25, 0.3) is 0 Å². The largest absolute Gasteiger partial charge is 0.399 e. The lowest BCUT2D eigenvalue weighted by Crippen LogP contribution is -2.27. The third-order valence-corrected chi connectivity index (χ3v) is 6.07. The second-order valence-corrected chi connectivity index (χ2v) is 7.70. The van der Waals surface area contributed by atoms with Crippen molar-refractivity contribution in [3.63, 3.8) is 0 Å². The smallest absolute Gasteiger partial charge is 0.243 e. The third kappa shape index (κ3) is 3.07. The highest BCUT2D eigenvalue weighted by molar-refractivity contribution is 7.89. The van der Waals surface area contributed by atoms with Crippen LogP contribution in [0.2, 0.25) is 0 Å². The van der Waals surface area contributed by atoms with Gasteiger partial charge in [0.15, 0.2) is 0 Å². The molecule has 0 atom stereocenters. The molecule has 0 saturated heterocycles. The molecule has 2 N–H and O–H groups in total. The number of anilines is 1. The van der Waals surface area contributed by atoms with Crippen LogP contribution in [0, 0.1) is 19.7 Å². The highest BCUT2D eigenvalue weighted by Crippen LogP contribution is 2.26. The van der Waals surface area contributed by atoms with Crippen LogP contribution in [-0.2, 0) is 16.6 Å². The minimum atomic E-state index is -3.82. The van der Waals surface area contributed by atoms with Crippen molar-refractivity contribution < 1.29 is 12.8 Å². The minimum Gasteiger partial charge on any atom is -0.399 e. The van der Waals surface area contributed by atoms with Crippen LogP contribution in [-0.4, -0.2) is 24.8 Å². The molecule has 1 heterocycles. The molecule has 0 aliphatic heterocycles. The first-order valence-corrected chi connectivity index (χ1v) is 8.46. The first-order chi connectivity index (χ1) is 9.73. The highest BCUT2D eigenvalue weighted by Gasteiger charge is 2.25. The van der Waals surface area contributed by atoms with E-state index in [1.54, 1.807) is 5.51 Å². The molecule has 8 heteroatoms. The quantitative estimate of drug-likeness (QED) is 0.873. The number of rotatable bonds is 4. The first-order valence-electron chi connectivity index (χ1n) is 6.14. The Balaban J connectivity index is 2.40. The lowest BCUT2D eigenvalue weighted by molar-refractivity contribution is 0.467. The molecule has 0 aliphatic carbocycles. The zero-order valence-corrected chi connectivity index (χ0v) is 13.6. The van der Waals surface area contributed by atoms with Crippen LogP contribution in [0.25, 0.3) is 0 Å². The summed E-state index contributed by atoms with van der Waals surface area (Å²) in [6.07, 6.45) is 0. The number of aromatic nitrogens is 1. The summed E-state index contributed by atoms with van der Waals surface area (Å²) in [5.41, 5.74) is 8.16. The van der Waals surface area contributed by atoms with Crippen molar-refractivity contribution in [2.24, 2.45) is 0 Å². The maximum Gasteiger partial charge on any atom is 0.243 e. The fourth-order valence-electron chi connectivity index (χ4n) is 1.87. The monoisotopic (exact) mass is 329 g/mol.